The normalized spacial score (nSPS) is 12.1. The van der Waals surface area contributed by atoms with E-state index in [0.29, 0.717) is 12.4 Å². The number of hydrogen-bond acceptors (Lipinski definition) is 5. The average molecular weight is 447 g/mol. The van der Waals surface area contributed by atoms with Gasteiger partial charge in [-0.05, 0) is 37.6 Å². The minimum Gasteiger partial charge on any atom is -0.493 e. The largest absolute Gasteiger partial charge is 0.493 e. The van der Waals surface area contributed by atoms with E-state index >= 15 is 0 Å². The Balaban J connectivity index is 2.10. The molecule has 0 radical (unpaired) electrons. The average Bonchev–Trinajstić information content (AvgIpc) is 2.73. The van der Waals surface area contributed by atoms with Crippen molar-refractivity contribution in [3.8, 4) is 17.3 Å². The quantitative estimate of drug-likeness (QED) is 0.564. The van der Waals surface area contributed by atoms with E-state index in [1.54, 1.807) is 25.1 Å². The highest BCUT2D eigenvalue weighted by Crippen LogP contribution is 2.32. The Labute approximate surface area is 180 Å². The predicted octanol–water partition coefficient (Wildman–Crippen LogP) is 3.66. The fourth-order valence-corrected chi connectivity index (χ4v) is 3.21. The van der Waals surface area contributed by atoms with Gasteiger partial charge in [0.1, 0.15) is 11.3 Å². The zero-order chi connectivity index (χ0) is 23.5. The van der Waals surface area contributed by atoms with Crippen molar-refractivity contribution in [1.29, 1.82) is 0 Å². The topological polar surface area (TPSA) is 96.7 Å². The summed E-state index contributed by atoms with van der Waals surface area (Å²) in [5.74, 6) is -0.407. The molecular weight excluding hydrogens is 427 g/mol. The second-order valence-corrected chi connectivity index (χ2v) is 6.75. The lowest BCUT2D eigenvalue weighted by Crippen LogP contribution is -2.33. The third kappa shape index (κ3) is 4.58. The van der Waals surface area contributed by atoms with E-state index in [1.807, 2.05) is 0 Å². The maximum atomic E-state index is 13.2. The summed E-state index contributed by atoms with van der Waals surface area (Å²) in [6.07, 6.45) is -4.56. The van der Waals surface area contributed by atoms with Gasteiger partial charge in [0.25, 0.3) is 5.56 Å². The Kier molecular flexibility index (Phi) is 6.52. The van der Waals surface area contributed by atoms with Crippen LogP contribution in [0.2, 0.25) is 0 Å². The van der Waals surface area contributed by atoms with Crippen molar-refractivity contribution in [2.75, 3.05) is 6.61 Å². The number of aromatic amines is 1. The van der Waals surface area contributed by atoms with Crippen LogP contribution in [0, 0.1) is 0 Å². The van der Waals surface area contributed by atoms with Gasteiger partial charge in [-0.25, -0.2) is 9.36 Å². The van der Waals surface area contributed by atoms with Gasteiger partial charge in [-0.1, -0.05) is 30.3 Å². The van der Waals surface area contributed by atoms with Gasteiger partial charge in [0.15, 0.2) is 0 Å². The van der Waals surface area contributed by atoms with Crippen molar-refractivity contribution in [2.24, 2.45) is 4.99 Å². The molecule has 0 aliphatic carbocycles. The first-order chi connectivity index (χ1) is 15.1. The number of ether oxygens (including phenoxy) is 1. The molecule has 168 valence electrons. The molecule has 0 atom stereocenters. The number of halogens is 3. The third-order valence-electron chi connectivity index (χ3n) is 4.66. The van der Waals surface area contributed by atoms with Crippen LogP contribution in [0.15, 0.2) is 63.1 Å². The van der Waals surface area contributed by atoms with Crippen LogP contribution in [-0.4, -0.2) is 27.0 Å². The lowest BCUT2D eigenvalue weighted by molar-refractivity contribution is -0.138. The van der Waals surface area contributed by atoms with Crippen LogP contribution in [0.4, 0.5) is 13.2 Å². The van der Waals surface area contributed by atoms with Gasteiger partial charge in [0.2, 0.25) is 5.88 Å². The second kappa shape index (κ2) is 9.13. The van der Waals surface area contributed by atoms with Crippen molar-refractivity contribution < 1.29 is 23.0 Å². The third-order valence-corrected chi connectivity index (χ3v) is 4.66. The van der Waals surface area contributed by atoms with Crippen LogP contribution in [0.3, 0.4) is 0 Å². The van der Waals surface area contributed by atoms with E-state index in [9.17, 15) is 27.9 Å². The monoisotopic (exact) mass is 447 g/mol. The van der Waals surface area contributed by atoms with E-state index in [2.05, 4.69) is 9.98 Å². The number of rotatable bonds is 6. The molecule has 10 heteroatoms. The summed E-state index contributed by atoms with van der Waals surface area (Å²) in [4.78, 5) is 31.0. The maximum Gasteiger partial charge on any atom is 0.416 e. The highest BCUT2D eigenvalue weighted by atomic mass is 19.4. The van der Waals surface area contributed by atoms with Crippen LogP contribution in [0.5, 0.6) is 11.6 Å². The minimum absolute atomic E-state index is 0.0385. The summed E-state index contributed by atoms with van der Waals surface area (Å²) in [7, 11) is 0. The summed E-state index contributed by atoms with van der Waals surface area (Å²) in [5.41, 5.74) is -2.94. The predicted molar refractivity (Wildman–Crippen MR) is 113 cm³/mol. The fraction of sp³-hybridized carbons (Fsp3) is 0.227. The molecule has 0 aliphatic heterocycles. The smallest absolute Gasteiger partial charge is 0.416 e. The molecular formula is C22H20F3N3O4. The van der Waals surface area contributed by atoms with E-state index in [-0.39, 0.29) is 29.1 Å². The number of aromatic nitrogens is 2. The van der Waals surface area contributed by atoms with Crippen molar-refractivity contribution >= 4 is 5.71 Å². The van der Waals surface area contributed by atoms with E-state index in [1.165, 1.54) is 31.2 Å². The van der Waals surface area contributed by atoms with Crippen molar-refractivity contribution in [1.82, 2.24) is 9.55 Å². The number of aromatic hydroxyl groups is 1. The van der Waals surface area contributed by atoms with E-state index in [0.717, 1.165) is 10.6 Å². The number of H-pyrrole nitrogens is 1. The molecule has 7 nitrogen and oxygen atoms in total. The van der Waals surface area contributed by atoms with Crippen molar-refractivity contribution in [2.45, 2.75) is 26.6 Å². The number of nitrogens with zero attached hydrogens (tertiary/aromatic N) is 2. The zero-order valence-electron chi connectivity index (χ0n) is 17.2. The van der Waals surface area contributed by atoms with Gasteiger partial charge < -0.3 is 9.84 Å². The summed E-state index contributed by atoms with van der Waals surface area (Å²) in [5, 5.41) is 10.8. The van der Waals surface area contributed by atoms with Crippen LogP contribution in [0.1, 0.15) is 30.5 Å². The van der Waals surface area contributed by atoms with E-state index in [4.69, 9.17) is 4.74 Å². The van der Waals surface area contributed by atoms with Crippen LogP contribution in [0.25, 0.3) is 5.69 Å². The second-order valence-electron chi connectivity index (χ2n) is 6.75. The molecule has 0 fully saturated rings. The summed E-state index contributed by atoms with van der Waals surface area (Å²) >= 11 is 0. The molecule has 3 aromatic rings. The Morgan fingerprint density at radius 2 is 1.78 bits per heavy atom. The summed E-state index contributed by atoms with van der Waals surface area (Å²) in [6, 6.07) is 11.3. The lowest BCUT2D eigenvalue weighted by Gasteiger charge is -2.15. The molecule has 0 unspecified atom stereocenters. The van der Waals surface area contributed by atoms with Gasteiger partial charge in [0, 0.05) is 0 Å². The van der Waals surface area contributed by atoms with Crippen molar-refractivity contribution in [3.05, 3.63) is 86.1 Å². The van der Waals surface area contributed by atoms with Crippen LogP contribution >= 0.6 is 0 Å². The molecule has 2 N–H and O–H groups in total. The van der Waals surface area contributed by atoms with Gasteiger partial charge in [-0.3, -0.25) is 14.8 Å². The van der Waals surface area contributed by atoms with Crippen LogP contribution in [-0.2, 0) is 12.7 Å². The molecule has 0 aliphatic rings. The molecule has 0 spiro atoms. The number of para-hydroxylation sites is 2. The lowest BCUT2D eigenvalue weighted by atomic mass is 10.1. The number of benzene rings is 2. The van der Waals surface area contributed by atoms with E-state index < -0.39 is 28.9 Å². The fourth-order valence-electron chi connectivity index (χ4n) is 3.21. The SMILES string of the molecule is CCOc1ccccc1-n1c(O)c(C(C)=NCc2ccccc2C(F)(F)F)c(=O)[nH]c1=O. The van der Waals surface area contributed by atoms with Crippen LogP contribution < -0.4 is 16.0 Å². The van der Waals surface area contributed by atoms with Crippen molar-refractivity contribution in [3.63, 3.8) is 0 Å². The zero-order valence-corrected chi connectivity index (χ0v) is 17.2. The highest BCUT2D eigenvalue weighted by Gasteiger charge is 2.32. The first kappa shape index (κ1) is 22.9. The Morgan fingerprint density at radius 3 is 2.47 bits per heavy atom. The van der Waals surface area contributed by atoms with Gasteiger partial charge in [-0.2, -0.15) is 13.2 Å². The number of nitrogens with one attached hydrogen (secondary N) is 1. The molecule has 32 heavy (non-hydrogen) atoms. The summed E-state index contributed by atoms with van der Waals surface area (Å²) in [6.45, 7) is 3.02. The Bertz CT molecular complexity index is 1280. The molecule has 0 saturated heterocycles. The summed E-state index contributed by atoms with van der Waals surface area (Å²) < 4.78 is 46.0. The first-order valence-electron chi connectivity index (χ1n) is 9.62. The molecule has 3 rings (SSSR count). The highest BCUT2D eigenvalue weighted by molar-refractivity contribution is 6.00. The number of aliphatic imine (C=N–C) groups is 1. The molecule has 1 heterocycles. The maximum absolute atomic E-state index is 13.2. The molecule has 0 amide bonds. The molecule has 2 aromatic carbocycles. The first-order valence-corrected chi connectivity index (χ1v) is 9.62. The molecule has 1 aromatic heterocycles. The Hall–Kier alpha value is -3.82. The number of alkyl halides is 3. The van der Waals surface area contributed by atoms with Gasteiger partial charge in [-0.15, -0.1) is 0 Å². The molecule has 0 saturated carbocycles. The minimum atomic E-state index is -4.56. The standard InChI is InChI=1S/C22H20F3N3O4/c1-3-32-17-11-7-6-10-16(17)28-20(30)18(19(29)27-21(28)31)13(2)26-12-14-8-4-5-9-15(14)22(23,24)25/h4-11,30H,3,12H2,1-2H3,(H,27,29,31). The van der Waals surface area contributed by atoms with Gasteiger partial charge >= 0.3 is 11.9 Å². The molecule has 0 bridgehead atoms. The number of hydrogen-bond donors (Lipinski definition) is 2. The Morgan fingerprint density at radius 1 is 1.12 bits per heavy atom. The van der Waals surface area contributed by atoms with Gasteiger partial charge in [0.05, 0.1) is 30.1 Å².